The van der Waals surface area contributed by atoms with Gasteiger partial charge in [-0.2, -0.15) is 0 Å². The lowest BCUT2D eigenvalue weighted by atomic mass is 10.1. The molecule has 0 bridgehead atoms. The lowest BCUT2D eigenvalue weighted by Crippen LogP contribution is -2.07. The zero-order valence-corrected chi connectivity index (χ0v) is 12.0. The van der Waals surface area contributed by atoms with Crippen LogP contribution in [0.5, 0.6) is 11.5 Å². The van der Waals surface area contributed by atoms with Crippen LogP contribution >= 0.6 is 22.6 Å². The van der Waals surface area contributed by atoms with Gasteiger partial charge in [-0.1, -0.05) is 12.1 Å². The summed E-state index contributed by atoms with van der Waals surface area (Å²) >= 11 is 2.25. The first-order valence-corrected chi connectivity index (χ1v) is 6.69. The van der Waals surface area contributed by atoms with Crippen molar-refractivity contribution in [2.75, 3.05) is 5.32 Å². The van der Waals surface area contributed by atoms with E-state index in [0.717, 1.165) is 9.26 Å². The molecule has 0 heterocycles. The SMILES string of the molecule is CC(Nc1ccccc1I)c1cc(O)ccc1O. The molecule has 3 nitrogen and oxygen atoms in total. The van der Waals surface area contributed by atoms with E-state index >= 15 is 0 Å². The third kappa shape index (κ3) is 2.87. The molecule has 4 heteroatoms. The predicted octanol–water partition coefficient (Wildman–Crippen LogP) is 3.88. The number of hydrogen-bond acceptors (Lipinski definition) is 3. The molecule has 1 atom stereocenters. The quantitative estimate of drug-likeness (QED) is 0.579. The molecule has 2 aromatic carbocycles. The number of phenols is 2. The highest BCUT2D eigenvalue weighted by atomic mass is 127. The van der Waals surface area contributed by atoms with Gasteiger partial charge in [0.15, 0.2) is 0 Å². The highest BCUT2D eigenvalue weighted by Crippen LogP contribution is 2.31. The molecule has 2 aromatic rings. The molecule has 0 amide bonds. The van der Waals surface area contributed by atoms with Crippen LogP contribution in [0.4, 0.5) is 5.69 Å². The molecular formula is C14H14INO2. The van der Waals surface area contributed by atoms with E-state index in [2.05, 4.69) is 27.9 Å². The van der Waals surface area contributed by atoms with Crippen molar-refractivity contribution in [3.63, 3.8) is 0 Å². The molecule has 18 heavy (non-hydrogen) atoms. The lowest BCUT2D eigenvalue weighted by Gasteiger charge is -2.18. The van der Waals surface area contributed by atoms with Gasteiger partial charge in [0.1, 0.15) is 11.5 Å². The van der Waals surface area contributed by atoms with Gasteiger partial charge in [-0.15, -0.1) is 0 Å². The Balaban J connectivity index is 2.25. The van der Waals surface area contributed by atoms with Crippen molar-refractivity contribution < 1.29 is 10.2 Å². The van der Waals surface area contributed by atoms with E-state index in [1.165, 1.54) is 12.1 Å². The van der Waals surface area contributed by atoms with Crippen LogP contribution < -0.4 is 5.32 Å². The van der Waals surface area contributed by atoms with Crippen molar-refractivity contribution in [3.05, 3.63) is 51.6 Å². The van der Waals surface area contributed by atoms with Crippen molar-refractivity contribution in [1.82, 2.24) is 0 Å². The molecule has 0 saturated heterocycles. The van der Waals surface area contributed by atoms with Gasteiger partial charge in [0, 0.05) is 14.8 Å². The minimum absolute atomic E-state index is 0.0898. The van der Waals surface area contributed by atoms with Crippen molar-refractivity contribution in [2.24, 2.45) is 0 Å². The first kappa shape index (κ1) is 13.0. The summed E-state index contributed by atoms with van der Waals surface area (Å²) in [7, 11) is 0. The summed E-state index contributed by atoms with van der Waals surface area (Å²) in [5, 5.41) is 22.6. The first-order chi connectivity index (χ1) is 8.58. The normalized spacial score (nSPS) is 12.1. The molecule has 0 saturated carbocycles. The van der Waals surface area contributed by atoms with E-state index in [9.17, 15) is 10.2 Å². The average Bonchev–Trinajstić information content (AvgIpc) is 2.35. The van der Waals surface area contributed by atoms with Crippen molar-refractivity contribution in [2.45, 2.75) is 13.0 Å². The Hall–Kier alpha value is -1.43. The summed E-state index contributed by atoms with van der Waals surface area (Å²) in [6.45, 7) is 1.94. The molecule has 0 aliphatic carbocycles. The van der Waals surface area contributed by atoms with Crippen LogP contribution in [0.1, 0.15) is 18.5 Å². The van der Waals surface area contributed by atoms with Crippen molar-refractivity contribution >= 4 is 28.3 Å². The minimum atomic E-state index is -0.0898. The van der Waals surface area contributed by atoms with Crippen LogP contribution in [-0.4, -0.2) is 10.2 Å². The predicted molar refractivity (Wildman–Crippen MR) is 81.0 cm³/mol. The van der Waals surface area contributed by atoms with Crippen molar-refractivity contribution in [1.29, 1.82) is 0 Å². The first-order valence-electron chi connectivity index (χ1n) is 5.61. The van der Waals surface area contributed by atoms with E-state index in [-0.39, 0.29) is 17.5 Å². The van der Waals surface area contributed by atoms with Crippen LogP contribution in [-0.2, 0) is 0 Å². The van der Waals surface area contributed by atoms with Gasteiger partial charge >= 0.3 is 0 Å². The largest absolute Gasteiger partial charge is 0.508 e. The van der Waals surface area contributed by atoms with Gasteiger partial charge in [0.05, 0.1) is 6.04 Å². The molecular weight excluding hydrogens is 341 g/mol. The maximum Gasteiger partial charge on any atom is 0.121 e. The third-order valence-electron chi connectivity index (χ3n) is 2.72. The van der Waals surface area contributed by atoms with Crippen LogP contribution in [0.15, 0.2) is 42.5 Å². The van der Waals surface area contributed by atoms with E-state index in [0.29, 0.717) is 5.56 Å². The molecule has 0 aliphatic rings. The minimum Gasteiger partial charge on any atom is -0.508 e. The van der Waals surface area contributed by atoms with E-state index in [1.54, 1.807) is 6.07 Å². The summed E-state index contributed by atoms with van der Waals surface area (Å²) in [5.74, 6) is 0.331. The summed E-state index contributed by atoms with van der Waals surface area (Å²) in [5.41, 5.74) is 1.68. The number of hydrogen-bond donors (Lipinski definition) is 3. The van der Waals surface area contributed by atoms with Gasteiger partial charge in [0.2, 0.25) is 0 Å². The second kappa shape index (κ2) is 5.48. The van der Waals surface area contributed by atoms with Crippen molar-refractivity contribution in [3.8, 4) is 11.5 Å². The summed E-state index contributed by atoms with van der Waals surface area (Å²) < 4.78 is 1.11. The number of halogens is 1. The highest BCUT2D eigenvalue weighted by molar-refractivity contribution is 14.1. The molecule has 3 N–H and O–H groups in total. The number of benzene rings is 2. The number of anilines is 1. The van der Waals surface area contributed by atoms with Gasteiger partial charge in [-0.05, 0) is 59.8 Å². The molecule has 2 rings (SSSR count). The Kier molecular flexibility index (Phi) is 3.96. The maximum atomic E-state index is 9.80. The highest BCUT2D eigenvalue weighted by Gasteiger charge is 2.12. The van der Waals surface area contributed by atoms with Crippen LogP contribution in [0, 0.1) is 3.57 Å². The Morgan fingerprint density at radius 3 is 2.56 bits per heavy atom. The molecule has 0 radical (unpaired) electrons. The maximum absolute atomic E-state index is 9.80. The van der Waals surface area contributed by atoms with Crippen LogP contribution in [0.3, 0.4) is 0 Å². The fraction of sp³-hybridized carbons (Fsp3) is 0.143. The van der Waals surface area contributed by atoms with Gasteiger partial charge in [-0.25, -0.2) is 0 Å². The van der Waals surface area contributed by atoms with Crippen LogP contribution in [0.25, 0.3) is 0 Å². The average molecular weight is 355 g/mol. The second-order valence-corrected chi connectivity index (χ2v) is 5.25. The number of aromatic hydroxyl groups is 2. The number of phenolic OH excluding ortho intramolecular Hbond substituents is 2. The molecule has 0 spiro atoms. The Morgan fingerprint density at radius 1 is 1.11 bits per heavy atom. The molecule has 0 aromatic heterocycles. The topological polar surface area (TPSA) is 52.5 Å². The van der Waals surface area contributed by atoms with E-state index in [1.807, 2.05) is 31.2 Å². The fourth-order valence-corrected chi connectivity index (χ4v) is 2.32. The van der Waals surface area contributed by atoms with Gasteiger partial charge in [-0.3, -0.25) is 0 Å². The Bertz CT molecular complexity index is 557. The van der Waals surface area contributed by atoms with E-state index < -0.39 is 0 Å². The van der Waals surface area contributed by atoms with Crippen LogP contribution in [0.2, 0.25) is 0 Å². The second-order valence-electron chi connectivity index (χ2n) is 4.09. The zero-order valence-electron chi connectivity index (χ0n) is 9.89. The molecule has 1 unspecified atom stereocenters. The lowest BCUT2D eigenvalue weighted by molar-refractivity contribution is 0.451. The Labute approximate surface area is 120 Å². The van der Waals surface area contributed by atoms with Gasteiger partial charge < -0.3 is 15.5 Å². The summed E-state index contributed by atoms with van der Waals surface area (Å²) in [4.78, 5) is 0. The third-order valence-corrected chi connectivity index (χ3v) is 3.66. The molecule has 0 aliphatic heterocycles. The van der Waals surface area contributed by atoms with Gasteiger partial charge in [0.25, 0.3) is 0 Å². The molecule has 94 valence electrons. The molecule has 0 fully saturated rings. The summed E-state index contributed by atoms with van der Waals surface area (Å²) in [6, 6.07) is 12.4. The Morgan fingerprint density at radius 2 is 1.83 bits per heavy atom. The summed E-state index contributed by atoms with van der Waals surface area (Å²) in [6.07, 6.45) is 0. The smallest absolute Gasteiger partial charge is 0.121 e. The number of rotatable bonds is 3. The fourth-order valence-electron chi connectivity index (χ4n) is 1.78. The number of nitrogens with one attached hydrogen (secondary N) is 1. The zero-order chi connectivity index (χ0) is 13.1. The number of para-hydroxylation sites is 1. The standard InChI is InChI=1S/C14H14INO2/c1-9(11-8-10(17)6-7-14(11)18)16-13-5-3-2-4-12(13)15/h2-9,16-18H,1H3. The monoisotopic (exact) mass is 355 g/mol. The van der Waals surface area contributed by atoms with E-state index in [4.69, 9.17) is 0 Å².